The Labute approximate surface area is 138 Å². The molecule has 1 atom stereocenters. The predicted molar refractivity (Wildman–Crippen MR) is 86.7 cm³/mol. The molecule has 3 amide bonds. The highest BCUT2D eigenvalue weighted by Gasteiger charge is 2.26. The van der Waals surface area contributed by atoms with Gasteiger partial charge in [-0.15, -0.1) is 10.2 Å². The quantitative estimate of drug-likeness (QED) is 0.855. The average molecular weight is 329 g/mol. The van der Waals surface area contributed by atoms with Crippen LogP contribution in [-0.4, -0.2) is 50.1 Å². The van der Waals surface area contributed by atoms with Gasteiger partial charge in [0.05, 0.1) is 13.0 Å². The summed E-state index contributed by atoms with van der Waals surface area (Å²) in [5.41, 5.74) is 6.81. The highest BCUT2D eigenvalue weighted by Crippen LogP contribution is 2.19. The third-order valence-corrected chi connectivity index (χ3v) is 4.01. The Kier molecular flexibility index (Phi) is 4.41. The van der Waals surface area contributed by atoms with Gasteiger partial charge in [-0.3, -0.25) is 4.79 Å². The molecule has 0 spiro atoms. The van der Waals surface area contributed by atoms with Gasteiger partial charge in [-0.2, -0.15) is 4.80 Å². The van der Waals surface area contributed by atoms with Crippen molar-refractivity contribution in [3.05, 3.63) is 24.3 Å². The average Bonchev–Trinajstić information content (AvgIpc) is 3.02. The van der Waals surface area contributed by atoms with Gasteiger partial charge in [0, 0.05) is 24.3 Å². The lowest BCUT2D eigenvalue weighted by atomic mass is 9.98. The minimum atomic E-state index is -0.353. The number of nitrogens with two attached hydrogens (primary N) is 1. The molecule has 1 aliphatic rings. The number of carbonyl (C=O) groups is 2. The molecule has 1 aromatic carbocycles. The van der Waals surface area contributed by atoms with Gasteiger partial charge in [0.2, 0.25) is 11.7 Å². The van der Waals surface area contributed by atoms with Crippen LogP contribution in [0.4, 0.5) is 10.5 Å². The van der Waals surface area contributed by atoms with Crippen molar-refractivity contribution in [2.75, 3.05) is 18.4 Å². The molecule has 0 unspecified atom stereocenters. The second-order valence-corrected chi connectivity index (χ2v) is 5.80. The Hall–Kier alpha value is -2.97. The van der Waals surface area contributed by atoms with Crippen LogP contribution in [0.2, 0.25) is 0 Å². The second-order valence-electron chi connectivity index (χ2n) is 5.80. The molecule has 0 saturated carbocycles. The normalized spacial score (nSPS) is 17.5. The first-order chi connectivity index (χ1) is 11.5. The lowest BCUT2D eigenvalue weighted by molar-refractivity contribution is -0.123. The number of anilines is 1. The molecule has 2 aromatic rings. The van der Waals surface area contributed by atoms with Crippen molar-refractivity contribution >= 4 is 17.6 Å². The summed E-state index contributed by atoms with van der Waals surface area (Å²) in [6.07, 6.45) is 1.51. The molecule has 2 heterocycles. The molecule has 1 fully saturated rings. The third kappa shape index (κ3) is 3.50. The van der Waals surface area contributed by atoms with Crippen LogP contribution < -0.4 is 11.1 Å². The molecular formula is C15H19N7O2. The molecule has 1 aromatic heterocycles. The van der Waals surface area contributed by atoms with Crippen molar-refractivity contribution in [3.8, 4) is 11.4 Å². The fraction of sp³-hybridized carbons (Fsp3) is 0.400. The minimum absolute atomic E-state index is 0.230. The summed E-state index contributed by atoms with van der Waals surface area (Å²) >= 11 is 0. The number of benzene rings is 1. The van der Waals surface area contributed by atoms with Crippen molar-refractivity contribution in [2.24, 2.45) is 18.7 Å². The van der Waals surface area contributed by atoms with Gasteiger partial charge in [-0.1, -0.05) is 0 Å². The van der Waals surface area contributed by atoms with E-state index < -0.39 is 0 Å². The number of urea groups is 1. The number of nitrogens with one attached hydrogen (secondary N) is 1. The van der Waals surface area contributed by atoms with Crippen molar-refractivity contribution in [3.63, 3.8) is 0 Å². The standard InChI is InChI=1S/C15H19N7O2/c1-21-19-14(18-20-21)10-4-6-12(7-5-10)17-15(24)22-8-2-3-11(9-22)13(16)23/h4-7,11H,2-3,8-9H2,1H3,(H2,16,23)(H,17,24)/t11-/m1/s1. The molecule has 1 saturated heterocycles. The topological polar surface area (TPSA) is 119 Å². The number of hydrogen-bond donors (Lipinski definition) is 2. The predicted octanol–water partition coefficient (Wildman–Crippen LogP) is 0.606. The maximum absolute atomic E-state index is 12.3. The molecule has 24 heavy (non-hydrogen) atoms. The lowest BCUT2D eigenvalue weighted by Gasteiger charge is -2.31. The van der Waals surface area contributed by atoms with Gasteiger partial charge in [-0.25, -0.2) is 4.79 Å². The molecule has 0 radical (unpaired) electrons. The first kappa shape index (κ1) is 15.9. The van der Waals surface area contributed by atoms with E-state index >= 15 is 0 Å². The van der Waals surface area contributed by atoms with Gasteiger partial charge >= 0.3 is 6.03 Å². The van der Waals surface area contributed by atoms with E-state index in [1.165, 1.54) is 4.80 Å². The number of carbonyl (C=O) groups excluding carboxylic acids is 2. The molecule has 1 aliphatic heterocycles. The third-order valence-electron chi connectivity index (χ3n) is 4.01. The summed E-state index contributed by atoms with van der Waals surface area (Å²) in [6, 6.07) is 6.95. The van der Waals surface area contributed by atoms with E-state index in [2.05, 4.69) is 20.7 Å². The van der Waals surface area contributed by atoms with Crippen molar-refractivity contribution in [2.45, 2.75) is 12.8 Å². The van der Waals surface area contributed by atoms with Crippen LogP contribution in [-0.2, 0) is 11.8 Å². The number of amides is 3. The van der Waals surface area contributed by atoms with Gasteiger partial charge in [0.25, 0.3) is 0 Å². The number of hydrogen-bond acceptors (Lipinski definition) is 5. The number of aromatic nitrogens is 4. The summed E-state index contributed by atoms with van der Waals surface area (Å²) < 4.78 is 0. The summed E-state index contributed by atoms with van der Waals surface area (Å²) in [5.74, 6) is -0.0985. The van der Waals surface area contributed by atoms with Crippen LogP contribution in [0.25, 0.3) is 11.4 Å². The second kappa shape index (κ2) is 6.65. The van der Waals surface area contributed by atoms with Gasteiger partial charge in [-0.05, 0) is 42.3 Å². The van der Waals surface area contributed by atoms with Crippen LogP contribution in [0, 0.1) is 5.92 Å². The van der Waals surface area contributed by atoms with Gasteiger partial charge in [0.15, 0.2) is 0 Å². The molecule has 0 aliphatic carbocycles. The maximum atomic E-state index is 12.3. The summed E-state index contributed by atoms with van der Waals surface area (Å²) in [4.78, 5) is 26.6. The van der Waals surface area contributed by atoms with Crippen molar-refractivity contribution in [1.82, 2.24) is 25.1 Å². The molecule has 126 valence electrons. The lowest BCUT2D eigenvalue weighted by Crippen LogP contribution is -2.45. The van der Waals surface area contributed by atoms with Crippen LogP contribution in [0.3, 0.4) is 0 Å². The number of tetrazole rings is 1. The zero-order valence-corrected chi connectivity index (χ0v) is 13.3. The Morgan fingerprint density at radius 2 is 2.04 bits per heavy atom. The van der Waals surface area contributed by atoms with Crippen LogP contribution in [0.15, 0.2) is 24.3 Å². The van der Waals surface area contributed by atoms with E-state index in [-0.39, 0.29) is 17.9 Å². The van der Waals surface area contributed by atoms with Crippen molar-refractivity contribution in [1.29, 1.82) is 0 Å². The monoisotopic (exact) mass is 329 g/mol. The fourth-order valence-corrected chi connectivity index (χ4v) is 2.70. The Bertz CT molecular complexity index is 741. The van der Waals surface area contributed by atoms with Gasteiger partial charge in [0.1, 0.15) is 0 Å². The van der Waals surface area contributed by atoms with E-state index in [1.54, 1.807) is 24.1 Å². The minimum Gasteiger partial charge on any atom is -0.369 e. The highest BCUT2D eigenvalue weighted by molar-refractivity contribution is 5.90. The Morgan fingerprint density at radius 1 is 1.29 bits per heavy atom. The number of aryl methyl sites for hydroxylation is 1. The number of nitrogens with zero attached hydrogens (tertiary/aromatic N) is 5. The number of rotatable bonds is 3. The van der Waals surface area contributed by atoms with Crippen LogP contribution in [0.5, 0.6) is 0 Å². The maximum Gasteiger partial charge on any atom is 0.321 e. The largest absolute Gasteiger partial charge is 0.369 e. The van der Waals surface area contributed by atoms with Crippen molar-refractivity contribution < 1.29 is 9.59 Å². The first-order valence-corrected chi connectivity index (χ1v) is 7.72. The molecular weight excluding hydrogens is 310 g/mol. The number of piperidine rings is 1. The van der Waals surface area contributed by atoms with E-state index in [1.807, 2.05) is 12.1 Å². The first-order valence-electron chi connectivity index (χ1n) is 7.72. The smallest absolute Gasteiger partial charge is 0.321 e. The van der Waals surface area contributed by atoms with Gasteiger partial charge < -0.3 is 16.0 Å². The Morgan fingerprint density at radius 3 is 2.67 bits per heavy atom. The van der Waals surface area contributed by atoms with Crippen LogP contribution >= 0.6 is 0 Å². The highest BCUT2D eigenvalue weighted by atomic mass is 16.2. The zero-order chi connectivity index (χ0) is 17.1. The summed E-state index contributed by atoms with van der Waals surface area (Å²) in [5, 5.41) is 14.7. The molecule has 9 nitrogen and oxygen atoms in total. The zero-order valence-electron chi connectivity index (χ0n) is 13.3. The molecule has 3 rings (SSSR count). The molecule has 0 bridgehead atoms. The Balaban J connectivity index is 1.63. The van der Waals surface area contributed by atoms with E-state index in [0.29, 0.717) is 24.6 Å². The molecule has 9 heteroatoms. The van der Waals surface area contributed by atoms with E-state index in [0.717, 1.165) is 18.4 Å². The number of likely N-dealkylation sites (tertiary alicyclic amines) is 1. The van der Waals surface area contributed by atoms with Crippen LogP contribution in [0.1, 0.15) is 12.8 Å². The SMILES string of the molecule is Cn1nnc(-c2ccc(NC(=O)N3CCC[C@@H](C(N)=O)C3)cc2)n1. The van der Waals surface area contributed by atoms with E-state index in [9.17, 15) is 9.59 Å². The summed E-state index contributed by atoms with van der Waals surface area (Å²) in [6.45, 7) is 0.986. The summed E-state index contributed by atoms with van der Waals surface area (Å²) in [7, 11) is 1.70. The van der Waals surface area contributed by atoms with E-state index in [4.69, 9.17) is 5.73 Å². The fourth-order valence-electron chi connectivity index (χ4n) is 2.70. The molecule has 3 N–H and O–H groups in total. The number of primary amides is 1.